The second-order valence-corrected chi connectivity index (χ2v) is 9.19. The van der Waals surface area contributed by atoms with E-state index in [1.54, 1.807) is 11.0 Å². The lowest BCUT2D eigenvalue weighted by atomic mass is 9.86. The van der Waals surface area contributed by atoms with Crippen LogP contribution in [-0.2, 0) is 15.8 Å². The highest BCUT2D eigenvalue weighted by Crippen LogP contribution is 2.38. The highest BCUT2D eigenvalue weighted by Gasteiger charge is 2.37. The molecule has 0 atom stereocenters. The smallest absolute Gasteiger partial charge is 0.402 e. The molecular formula is C24H31F3N4O2. The molecule has 2 aliphatic heterocycles. The first-order valence-corrected chi connectivity index (χ1v) is 11.3. The summed E-state index contributed by atoms with van der Waals surface area (Å²) in [4.78, 5) is 28.6. The minimum Gasteiger partial charge on any atom is -0.402 e. The normalized spacial score (nSPS) is 18.1. The summed E-state index contributed by atoms with van der Waals surface area (Å²) in [6.07, 6.45) is -2.85. The third-order valence-corrected chi connectivity index (χ3v) is 6.33. The Labute approximate surface area is 192 Å². The molecule has 9 heteroatoms. The molecule has 3 rings (SSSR count). The van der Waals surface area contributed by atoms with Crippen molar-refractivity contribution in [2.24, 2.45) is 11.7 Å². The Morgan fingerprint density at radius 3 is 2.36 bits per heavy atom. The van der Waals surface area contributed by atoms with Crippen molar-refractivity contribution < 1.29 is 22.8 Å². The largest absolute Gasteiger partial charge is 0.416 e. The van der Waals surface area contributed by atoms with Crippen molar-refractivity contribution in [2.75, 3.05) is 26.2 Å². The van der Waals surface area contributed by atoms with E-state index in [1.807, 2.05) is 13.8 Å². The van der Waals surface area contributed by atoms with E-state index < -0.39 is 17.6 Å². The fourth-order valence-electron chi connectivity index (χ4n) is 4.50. The molecule has 6 nitrogen and oxygen atoms in total. The van der Waals surface area contributed by atoms with Crippen LogP contribution in [0.3, 0.4) is 0 Å². The molecule has 0 radical (unpaired) electrons. The maximum absolute atomic E-state index is 13.4. The van der Waals surface area contributed by atoms with Crippen molar-refractivity contribution in [3.8, 4) is 0 Å². The van der Waals surface area contributed by atoms with Crippen LogP contribution in [0.1, 0.15) is 56.6 Å². The van der Waals surface area contributed by atoms with E-state index in [0.717, 1.165) is 6.07 Å². The molecule has 1 aromatic rings. The number of benzene rings is 1. The molecule has 0 unspecified atom stereocenters. The van der Waals surface area contributed by atoms with Gasteiger partial charge in [-0.25, -0.2) is 0 Å². The number of rotatable bonds is 5. The molecule has 180 valence electrons. The fourth-order valence-corrected chi connectivity index (χ4v) is 4.50. The number of amides is 2. The first-order valence-electron chi connectivity index (χ1n) is 11.3. The van der Waals surface area contributed by atoms with Crippen LogP contribution in [0.2, 0.25) is 0 Å². The Hall–Kier alpha value is -2.84. The van der Waals surface area contributed by atoms with Gasteiger partial charge in [0, 0.05) is 50.3 Å². The summed E-state index contributed by atoms with van der Waals surface area (Å²) in [6.45, 7) is 5.04. The van der Waals surface area contributed by atoms with Gasteiger partial charge in [-0.1, -0.05) is 32.0 Å². The Morgan fingerprint density at radius 1 is 1.12 bits per heavy atom. The van der Waals surface area contributed by atoms with E-state index in [1.165, 1.54) is 17.0 Å². The lowest BCUT2D eigenvalue weighted by Gasteiger charge is -2.35. The van der Waals surface area contributed by atoms with E-state index in [2.05, 4.69) is 0 Å². The molecule has 0 aliphatic carbocycles. The molecule has 1 saturated heterocycles. The summed E-state index contributed by atoms with van der Waals surface area (Å²) < 4.78 is 40.1. The summed E-state index contributed by atoms with van der Waals surface area (Å²) in [5.41, 5.74) is 6.29. The number of nitrogens with one attached hydrogen (secondary N) is 1. The standard InChI is InChI=1S/C24H31F3N4O2/c1-15(2)13-21(32)31-12-9-20(28)18(14-31)22(29)23(33)30-10-7-16(8-11-30)17-5-3-4-6-19(17)24(25,26)27/h3-6,15-16,29H,7-14,28H2,1-2H3. The van der Waals surface area contributed by atoms with Crippen molar-refractivity contribution in [1.29, 1.82) is 5.41 Å². The predicted molar refractivity (Wildman–Crippen MR) is 120 cm³/mol. The number of halogens is 3. The van der Waals surface area contributed by atoms with E-state index >= 15 is 0 Å². The molecule has 33 heavy (non-hydrogen) atoms. The lowest BCUT2D eigenvalue weighted by molar-refractivity contribution is -0.138. The molecule has 0 bridgehead atoms. The first kappa shape index (κ1) is 24.8. The molecule has 1 aromatic carbocycles. The van der Waals surface area contributed by atoms with Crippen molar-refractivity contribution in [2.45, 2.75) is 51.6 Å². The van der Waals surface area contributed by atoms with Crippen molar-refractivity contribution in [3.05, 3.63) is 46.7 Å². The van der Waals surface area contributed by atoms with Gasteiger partial charge >= 0.3 is 6.18 Å². The van der Waals surface area contributed by atoms with E-state index in [0.29, 0.717) is 43.5 Å². The maximum atomic E-state index is 13.4. The highest BCUT2D eigenvalue weighted by molar-refractivity contribution is 6.44. The van der Waals surface area contributed by atoms with Crippen molar-refractivity contribution in [3.63, 3.8) is 0 Å². The van der Waals surface area contributed by atoms with Crippen LogP contribution >= 0.6 is 0 Å². The van der Waals surface area contributed by atoms with E-state index in [-0.39, 0.29) is 48.7 Å². The number of carbonyl (C=O) groups excluding carboxylic acids is 2. The minimum atomic E-state index is -4.42. The molecule has 1 fully saturated rings. The van der Waals surface area contributed by atoms with Crippen LogP contribution in [0, 0.1) is 11.3 Å². The molecule has 2 heterocycles. The zero-order chi connectivity index (χ0) is 24.3. The van der Waals surface area contributed by atoms with Gasteiger partial charge in [0.2, 0.25) is 5.91 Å². The number of hydrogen-bond donors (Lipinski definition) is 2. The number of nitrogens with zero attached hydrogens (tertiary/aromatic N) is 2. The Morgan fingerprint density at radius 2 is 1.76 bits per heavy atom. The number of alkyl halides is 3. The zero-order valence-corrected chi connectivity index (χ0v) is 19.0. The second kappa shape index (κ2) is 9.97. The third kappa shape index (κ3) is 5.75. The Kier molecular flexibility index (Phi) is 7.49. The van der Waals surface area contributed by atoms with Crippen LogP contribution in [0.5, 0.6) is 0 Å². The molecule has 0 spiro atoms. The average Bonchev–Trinajstić information content (AvgIpc) is 2.77. The highest BCUT2D eigenvalue weighted by atomic mass is 19.4. The van der Waals surface area contributed by atoms with Crippen molar-refractivity contribution >= 4 is 17.5 Å². The van der Waals surface area contributed by atoms with Gasteiger partial charge in [-0.3, -0.25) is 15.0 Å². The van der Waals surface area contributed by atoms with Gasteiger partial charge in [-0.2, -0.15) is 13.2 Å². The maximum Gasteiger partial charge on any atom is 0.416 e. The number of carbonyl (C=O) groups is 2. The van der Waals surface area contributed by atoms with Gasteiger partial charge in [0.05, 0.1) is 5.56 Å². The Bertz CT molecular complexity index is 947. The van der Waals surface area contributed by atoms with Crippen LogP contribution in [0.4, 0.5) is 13.2 Å². The van der Waals surface area contributed by atoms with Gasteiger partial charge in [-0.05, 0) is 36.3 Å². The van der Waals surface area contributed by atoms with Gasteiger partial charge in [-0.15, -0.1) is 0 Å². The molecule has 0 aromatic heterocycles. The van der Waals surface area contributed by atoms with Crippen molar-refractivity contribution in [1.82, 2.24) is 9.80 Å². The van der Waals surface area contributed by atoms with Gasteiger partial charge < -0.3 is 15.5 Å². The quantitative estimate of drug-likeness (QED) is 0.647. The SMILES string of the molecule is CC(C)CC(=O)N1CCC(N)=C(C(=N)C(=O)N2CCC(c3ccccc3C(F)(F)F)CC2)C1. The van der Waals surface area contributed by atoms with Gasteiger partial charge in [0.15, 0.2) is 0 Å². The molecule has 2 aliphatic rings. The monoisotopic (exact) mass is 464 g/mol. The summed E-state index contributed by atoms with van der Waals surface area (Å²) in [5, 5.41) is 8.44. The third-order valence-electron chi connectivity index (χ3n) is 6.33. The molecule has 2 amide bonds. The number of piperidine rings is 1. The summed E-state index contributed by atoms with van der Waals surface area (Å²) in [5.74, 6) is -0.619. The summed E-state index contributed by atoms with van der Waals surface area (Å²) >= 11 is 0. The second-order valence-electron chi connectivity index (χ2n) is 9.19. The average molecular weight is 465 g/mol. The van der Waals surface area contributed by atoms with E-state index in [9.17, 15) is 22.8 Å². The minimum absolute atomic E-state index is 0.0283. The van der Waals surface area contributed by atoms with E-state index in [4.69, 9.17) is 11.1 Å². The topological polar surface area (TPSA) is 90.5 Å². The fraction of sp³-hybridized carbons (Fsp3) is 0.542. The number of hydrogen-bond acceptors (Lipinski definition) is 4. The zero-order valence-electron chi connectivity index (χ0n) is 19.0. The van der Waals surface area contributed by atoms with Crippen LogP contribution in [-0.4, -0.2) is 53.5 Å². The van der Waals surface area contributed by atoms with Crippen LogP contribution in [0.15, 0.2) is 35.5 Å². The van der Waals surface area contributed by atoms with Crippen LogP contribution in [0.25, 0.3) is 0 Å². The van der Waals surface area contributed by atoms with Crippen LogP contribution < -0.4 is 5.73 Å². The summed E-state index contributed by atoms with van der Waals surface area (Å²) in [7, 11) is 0. The predicted octanol–water partition coefficient (Wildman–Crippen LogP) is 3.92. The van der Waals surface area contributed by atoms with Gasteiger partial charge in [0.1, 0.15) is 5.71 Å². The summed E-state index contributed by atoms with van der Waals surface area (Å²) in [6, 6.07) is 5.57. The number of likely N-dealkylation sites (tertiary alicyclic amines) is 1. The first-order chi connectivity index (χ1) is 15.5. The molecule has 3 N–H and O–H groups in total. The lowest BCUT2D eigenvalue weighted by Crippen LogP contribution is -2.46. The molecular weight excluding hydrogens is 433 g/mol. The Balaban J connectivity index is 1.65. The van der Waals surface area contributed by atoms with Gasteiger partial charge in [0.25, 0.3) is 5.91 Å². The molecule has 0 saturated carbocycles. The number of nitrogens with two attached hydrogens (primary N) is 1.